The van der Waals surface area contributed by atoms with Crippen LogP contribution in [0.1, 0.15) is 56.9 Å². The molecule has 1 N–H and O–H groups in total. The van der Waals surface area contributed by atoms with Crippen molar-refractivity contribution in [3.05, 3.63) is 29.8 Å². The first-order chi connectivity index (χ1) is 9.36. The molecule has 1 aromatic rings. The van der Waals surface area contributed by atoms with Crippen LogP contribution in [0.25, 0.3) is 0 Å². The summed E-state index contributed by atoms with van der Waals surface area (Å²) in [5.41, 5.74) is 1.46. The van der Waals surface area contributed by atoms with Gasteiger partial charge in [-0.3, -0.25) is 0 Å². The van der Waals surface area contributed by atoms with Gasteiger partial charge in [0.25, 0.3) is 0 Å². The van der Waals surface area contributed by atoms with Crippen molar-refractivity contribution in [1.82, 2.24) is 5.32 Å². The molecule has 2 fully saturated rings. The molecule has 104 valence electrons. The summed E-state index contributed by atoms with van der Waals surface area (Å²) in [6.07, 6.45) is 8.15. The van der Waals surface area contributed by atoms with Crippen LogP contribution in [-0.2, 0) is 0 Å². The van der Waals surface area contributed by atoms with Crippen LogP contribution >= 0.6 is 0 Å². The molecule has 2 atom stereocenters. The maximum absolute atomic E-state index is 5.92. The van der Waals surface area contributed by atoms with Gasteiger partial charge < -0.3 is 10.1 Å². The molecule has 0 aromatic heterocycles. The highest BCUT2D eigenvalue weighted by Crippen LogP contribution is 2.36. The summed E-state index contributed by atoms with van der Waals surface area (Å²) in [6, 6.07) is 9.47. The van der Waals surface area contributed by atoms with E-state index in [-0.39, 0.29) is 0 Å². The maximum Gasteiger partial charge on any atom is 0.120 e. The van der Waals surface area contributed by atoms with Gasteiger partial charge in [0, 0.05) is 6.04 Å². The zero-order chi connectivity index (χ0) is 13.1. The largest absolute Gasteiger partial charge is 0.490 e. The lowest BCUT2D eigenvalue weighted by molar-refractivity contribution is 0.302. The number of ether oxygens (including phenoxy) is 1. The molecule has 0 aliphatic heterocycles. The second kappa shape index (κ2) is 5.96. The molecule has 2 nitrogen and oxygen atoms in total. The maximum atomic E-state index is 5.92. The van der Waals surface area contributed by atoms with Gasteiger partial charge in [0.2, 0.25) is 0 Å². The molecule has 2 aliphatic rings. The first-order valence-electron chi connectivity index (χ1n) is 7.87. The Morgan fingerprint density at radius 3 is 2.89 bits per heavy atom. The molecular weight excluding hydrogens is 234 g/mol. The summed E-state index contributed by atoms with van der Waals surface area (Å²) in [6.45, 7) is 3.38. The van der Waals surface area contributed by atoms with Crippen molar-refractivity contribution >= 4 is 0 Å². The third kappa shape index (κ3) is 3.30. The Labute approximate surface area is 116 Å². The van der Waals surface area contributed by atoms with E-state index in [1.54, 1.807) is 0 Å². The molecule has 2 unspecified atom stereocenters. The molecule has 2 saturated carbocycles. The van der Waals surface area contributed by atoms with Crippen molar-refractivity contribution in [2.24, 2.45) is 0 Å². The second-order valence-corrected chi connectivity index (χ2v) is 5.99. The number of hydrogen-bond donors (Lipinski definition) is 1. The van der Waals surface area contributed by atoms with Crippen molar-refractivity contribution < 1.29 is 4.74 Å². The Morgan fingerprint density at radius 1 is 1.21 bits per heavy atom. The molecule has 0 radical (unpaired) electrons. The van der Waals surface area contributed by atoms with E-state index >= 15 is 0 Å². The van der Waals surface area contributed by atoms with Crippen LogP contribution in [0.15, 0.2) is 24.3 Å². The number of hydrogen-bond acceptors (Lipinski definition) is 2. The van der Waals surface area contributed by atoms with E-state index in [1.165, 1.54) is 44.1 Å². The lowest BCUT2D eigenvalue weighted by atomic mass is 9.94. The predicted octanol–water partition coefficient (Wildman–Crippen LogP) is 3.86. The average molecular weight is 259 g/mol. The molecule has 0 amide bonds. The van der Waals surface area contributed by atoms with Gasteiger partial charge in [-0.15, -0.1) is 0 Å². The van der Waals surface area contributed by atoms with Crippen LogP contribution in [0.4, 0.5) is 0 Å². The smallest absolute Gasteiger partial charge is 0.120 e. The highest BCUT2D eigenvalue weighted by Gasteiger charge is 2.29. The van der Waals surface area contributed by atoms with Crippen LogP contribution in [0.3, 0.4) is 0 Å². The van der Waals surface area contributed by atoms with E-state index < -0.39 is 0 Å². The van der Waals surface area contributed by atoms with Crippen molar-refractivity contribution in [3.8, 4) is 5.75 Å². The number of nitrogens with one attached hydrogen (secondary N) is 1. The zero-order valence-corrected chi connectivity index (χ0v) is 11.9. The SMILES string of the molecule is CCCNC1CCCC1c1cccc(OC2CC2)c1. The van der Waals surface area contributed by atoms with Crippen LogP contribution < -0.4 is 10.1 Å². The first kappa shape index (κ1) is 13.0. The molecule has 2 heteroatoms. The molecule has 0 bridgehead atoms. The minimum atomic E-state index is 0.493. The van der Waals surface area contributed by atoms with Crippen LogP contribution in [-0.4, -0.2) is 18.7 Å². The lowest BCUT2D eigenvalue weighted by Gasteiger charge is -2.21. The zero-order valence-electron chi connectivity index (χ0n) is 11.9. The monoisotopic (exact) mass is 259 g/mol. The third-order valence-corrected chi connectivity index (χ3v) is 4.29. The fraction of sp³-hybridized carbons (Fsp3) is 0.647. The molecule has 2 aliphatic carbocycles. The van der Waals surface area contributed by atoms with E-state index in [2.05, 4.69) is 36.5 Å². The highest BCUT2D eigenvalue weighted by molar-refractivity contribution is 5.32. The molecule has 0 heterocycles. The molecule has 0 spiro atoms. The Balaban J connectivity index is 1.68. The fourth-order valence-electron chi connectivity index (χ4n) is 3.13. The predicted molar refractivity (Wildman–Crippen MR) is 78.8 cm³/mol. The van der Waals surface area contributed by atoms with Crippen LogP contribution in [0.5, 0.6) is 5.75 Å². The lowest BCUT2D eigenvalue weighted by Crippen LogP contribution is -2.31. The fourth-order valence-corrected chi connectivity index (χ4v) is 3.13. The average Bonchev–Trinajstić information content (AvgIpc) is 3.11. The quantitative estimate of drug-likeness (QED) is 0.837. The van der Waals surface area contributed by atoms with E-state index in [9.17, 15) is 0 Å². The summed E-state index contributed by atoms with van der Waals surface area (Å²) in [5, 5.41) is 3.71. The van der Waals surface area contributed by atoms with Gasteiger partial charge in [-0.2, -0.15) is 0 Å². The Morgan fingerprint density at radius 2 is 2.11 bits per heavy atom. The van der Waals surface area contributed by atoms with Gasteiger partial charge in [0.1, 0.15) is 5.75 Å². The normalized spacial score (nSPS) is 26.6. The molecule has 19 heavy (non-hydrogen) atoms. The van der Waals surface area contributed by atoms with Crippen LogP contribution in [0, 0.1) is 0 Å². The Hall–Kier alpha value is -1.02. The number of benzene rings is 1. The summed E-state index contributed by atoms with van der Waals surface area (Å²) < 4.78 is 5.92. The van der Waals surface area contributed by atoms with Gasteiger partial charge in [0.15, 0.2) is 0 Å². The summed E-state index contributed by atoms with van der Waals surface area (Å²) >= 11 is 0. The number of rotatable bonds is 6. The van der Waals surface area contributed by atoms with Gasteiger partial charge in [0.05, 0.1) is 6.10 Å². The van der Waals surface area contributed by atoms with Gasteiger partial charge in [-0.1, -0.05) is 25.5 Å². The Bertz CT molecular complexity index is 413. The third-order valence-electron chi connectivity index (χ3n) is 4.29. The molecule has 3 rings (SSSR count). The van der Waals surface area contributed by atoms with Crippen molar-refractivity contribution in [2.75, 3.05) is 6.54 Å². The van der Waals surface area contributed by atoms with Gasteiger partial charge in [-0.25, -0.2) is 0 Å². The van der Waals surface area contributed by atoms with E-state index in [1.807, 2.05) is 0 Å². The van der Waals surface area contributed by atoms with Crippen molar-refractivity contribution in [3.63, 3.8) is 0 Å². The molecule has 0 saturated heterocycles. The summed E-state index contributed by atoms with van der Waals surface area (Å²) in [7, 11) is 0. The van der Waals surface area contributed by atoms with E-state index in [4.69, 9.17) is 4.74 Å². The topological polar surface area (TPSA) is 21.3 Å². The van der Waals surface area contributed by atoms with Gasteiger partial charge >= 0.3 is 0 Å². The first-order valence-corrected chi connectivity index (χ1v) is 7.87. The van der Waals surface area contributed by atoms with E-state index in [0.717, 1.165) is 12.3 Å². The minimum Gasteiger partial charge on any atom is -0.490 e. The van der Waals surface area contributed by atoms with E-state index in [0.29, 0.717) is 18.1 Å². The van der Waals surface area contributed by atoms with Gasteiger partial charge in [-0.05, 0) is 62.3 Å². The molecule has 1 aromatic carbocycles. The highest BCUT2D eigenvalue weighted by atomic mass is 16.5. The minimum absolute atomic E-state index is 0.493. The Kier molecular flexibility index (Phi) is 4.07. The van der Waals surface area contributed by atoms with Crippen molar-refractivity contribution in [1.29, 1.82) is 0 Å². The molecular formula is C17H25NO. The van der Waals surface area contributed by atoms with Crippen LogP contribution in [0.2, 0.25) is 0 Å². The summed E-state index contributed by atoms with van der Waals surface area (Å²) in [4.78, 5) is 0. The standard InChI is InChI=1S/C17H25NO/c1-2-11-18-17-8-4-7-16(17)13-5-3-6-15(12-13)19-14-9-10-14/h3,5-6,12,14,16-18H,2,4,7-11H2,1H3. The summed E-state index contributed by atoms with van der Waals surface area (Å²) in [5.74, 6) is 1.75. The second-order valence-electron chi connectivity index (χ2n) is 5.99. The van der Waals surface area contributed by atoms with Crippen molar-refractivity contribution in [2.45, 2.75) is 63.5 Å².